The molecule has 0 spiro atoms. The van der Waals surface area contributed by atoms with Gasteiger partial charge in [0.15, 0.2) is 0 Å². The number of hydrogen-bond acceptors (Lipinski definition) is 4. The van der Waals surface area contributed by atoms with Gasteiger partial charge in [0.05, 0.1) is 6.26 Å². The number of carboxylic acid groups (broad SMARTS) is 1. The van der Waals surface area contributed by atoms with E-state index in [1.807, 2.05) is 0 Å². The Morgan fingerprint density at radius 2 is 2.29 bits per heavy atom. The van der Waals surface area contributed by atoms with E-state index in [1.165, 1.54) is 0 Å². The summed E-state index contributed by atoms with van der Waals surface area (Å²) in [4.78, 5) is 10.6. The van der Waals surface area contributed by atoms with Crippen molar-refractivity contribution in [2.45, 2.75) is 12.0 Å². The lowest BCUT2D eigenvalue weighted by Crippen LogP contribution is -2.24. The topological polar surface area (TPSA) is 96.6 Å². The minimum Gasteiger partial charge on any atom is -0.478 e. The molecule has 6 nitrogen and oxygen atoms in total. The normalized spacial score (nSPS) is 11.5. The molecule has 0 radical (unpaired) electrons. The van der Waals surface area contributed by atoms with E-state index in [9.17, 15) is 13.2 Å². The molecule has 7 heteroatoms. The standard InChI is InChI=1S/C7H9NO5S/c1-2-8-14(11,12)7-5(6(9)10)3-4-13-7/h3-4,8H,2H2,1H3,(H,9,10). The highest BCUT2D eigenvalue weighted by Crippen LogP contribution is 2.16. The molecule has 0 aromatic carbocycles. The third kappa shape index (κ3) is 1.94. The van der Waals surface area contributed by atoms with Crippen LogP contribution in [0.1, 0.15) is 17.3 Å². The molecule has 0 aliphatic carbocycles. The molecule has 1 rings (SSSR count). The quantitative estimate of drug-likeness (QED) is 0.757. The molecule has 78 valence electrons. The van der Waals surface area contributed by atoms with Gasteiger partial charge in [0, 0.05) is 6.54 Å². The Balaban J connectivity index is 3.19. The van der Waals surface area contributed by atoms with Gasteiger partial charge in [-0.25, -0.2) is 17.9 Å². The van der Waals surface area contributed by atoms with Crippen molar-refractivity contribution in [2.75, 3.05) is 6.54 Å². The van der Waals surface area contributed by atoms with Crippen molar-refractivity contribution in [1.29, 1.82) is 0 Å². The fraction of sp³-hybridized carbons (Fsp3) is 0.286. The number of hydrogen-bond donors (Lipinski definition) is 2. The second kappa shape index (κ2) is 3.81. The SMILES string of the molecule is CCNS(=O)(=O)c1occc1C(=O)O. The van der Waals surface area contributed by atoms with E-state index in [0.29, 0.717) is 0 Å². The Morgan fingerprint density at radius 1 is 1.64 bits per heavy atom. The molecule has 0 saturated heterocycles. The maximum absolute atomic E-state index is 11.4. The molecule has 0 fully saturated rings. The van der Waals surface area contributed by atoms with Crippen molar-refractivity contribution in [3.8, 4) is 0 Å². The molecular weight excluding hydrogens is 210 g/mol. The molecular formula is C7H9NO5S. The minimum atomic E-state index is -3.84. The third-order valence-corrected chi connectivity index (χ3v) is 2.91. The van der Waals surface area contributed by atoms with Gasteiger partial charge in [-0.3, -0.25) is 0 Å². The summed E-state index contributed by atoms with van der Waals surface area (Å²) in [5.74, 6) is -1.34. The summed E-state index contributed by atoms with van der Waals surface area (Å²) in [6.45, 7) is 1.75. The zero-order valence-electron chi connectivity index (χ0n) is 7.35. The molecule has 0 amide bonds. The van der Waals surface area contributed by atoms with Gasteiger partial charge < -0.3 is 9.52 Å². The maximum atomic E-state index is 11.4. The summed E-state index contributed by atoms with van der Waals surface area (Å²) < 4.78 is 29.4. The van der Waals surface area contributed by atoms with E-state index in [2.05, 4.69) is 9.14 Å². The highest BCUT2D eigenvalue weighted by molar-refractivity contribution is 7.89. The molecule has 1 aromatic heterocycles. The minimum absolute atomic E-state index is 0.169. The van der Waals surface area contributed by atoms with Crippen LogP contribution in [0.15, 0.2) is 21.8 Å². The van der Waals surface area contributed by atoms with Crippen LogP contribution in [0.4, 0.5) is 0 Å². The predicted molar refractivity (Wildman–Crippen MR) is 46.5 cm³/mol. The summed E-state index contributed by atoms with van der Waals surface area (Å²) >= 11 is 0. The van der Waals surface area contributed by atoms with Crippen LogP contribution < -0.4 is 4.72 Å². The number of furan rings is 1. The molecule has 0 aliphatic rings. The van der Waals surface area contributed by atoms with E-state index in [0.717, 1.165) is 12.3 Å². The number of carbonyl (C=O) groups is 1. The molecule has 14 heavy (non-hydrogen) atoms. The van der Waals surface area contributed by atoms with E-state index in [1.54, 1.807) is 6.92 Å². The van der Waals surface area contributed by atoms with Crippen molar-refractivity contribution in [1.82, 2.24) is 4.72 Å². The smallest absolute Gasteiger partial charge is 0.340 e. The summed E-state index contributed by atoms with van der Waals surface area (Å²) in [5, 5.41) is 8.07. The lowest BCUT2D eigenvalue weighted by Gasteiger charge is -2.01. The zero-order chi connectivity index (χ0) is 10.8. The first-order valence-corrected chi connectivity index (χ1v) is 5.27. The van der Waals surface area contributed by atoms with Crippen LogP contribution in [0, 0.1) is 0 Å². The van der Waals surface area contributed by atoms with Crippen molar-refractivity contribution >= 4 is 16.0 Å². The van der Waals surface area contributed by atoms with Crippen LogP contribution in [-0.4, -0.2) is 26.0 Å². The maximum Gasteiger partial charge on any atom is 0.340 e. The lowest BCUT2D eigenvalue weighted by molar-refractivity contribution is 0.0689. The van der Waals surface area contributed by atoms with Gasteiger partial charge >= 0.3 is 5.97 Å². The number of nitrogens with one attached hydrogen (secondary N) is 1. The van der Waals surface area contributed by atoms with Gasteiger partial charge in [0.2, 0.25) is 5.09 Å². The van der Waals surface area contributed by atoms with Crippen molar-refractivity contribution in [3.05, 3.63) is 17.9 Å². The van der Waals surface area contributed by atoms with Crippen LogP contribution in [0.5, 0.6) is 0 Å². The average molecular weight is 219 g/mol. The molecule has 1 aromatic rings. The molecule has 0 bridgehead atoms. The van der Waals surface area contributed by atoms with Crippen molar-refractivity contribution in [2.24, 2.45) is 0 Å². The van der Waals surface area contributed by atoms with Crippen molar-refractivity contribution < 1.29 is 22.7 Å². The van der Waals surface area contributed by atoms with E-state index >= 15 is 0 Å². The van der Waals surface area contributed by atoms with Crippen LogP contribution in [0.3, 0.4) is 0 Å². The average Bonchev–Trinajstić information content (AvgIpc) is 2.51. The van der Waals surface area contributed by atoms with Crippen LogP contribution in [0.25, 0.3) is 0 Å². The van der Waals surface area contributed by atoms with Gasteiger partial charge in [0.1, 0.15) is 5.56 Å². The lowest BCUT2D eigenvalue weighted by atomic mass is 10.3. The molecule has 0 saturated carbocycles. The number of carboxylic acids is 1. The first kappa shape index (κ1) is 10.7. The van der Waals surface area contributed by atoms with Gasteiger partial charge in [-0.05, 0) is 6.07 Å². The molecule has 2 N–H and O–H groups in total. The first-order chi connectivity index (χ1) is 6.49. The summed E-state index contributed by atoms with van der Waals surface area (Å²) in [5.41, 5.74) is -0.369. The van der Waals surface area contributed by atoms with E-state index in [4.69, 9.17) is 5.11 Å². The van der Waals surface area contributed by atoms with Crippen LogP contribution in [0.2, 0.25) is 0 Å². The van der Waals surface area contributed by atoms with Crippen LogP contribution in [-0.2, 0) is 10.0 Å². The number of rotatable bonds is 4. The van der Waals surface area contributed by atoms with Gasteiger partial charge in [0.25, 0.3) is 10.0 Å². The summed E-state index contributed by atoms with van der Waals surface area (Å²) in [6, 6.07) is 1.09. The second-order valence-electron chi connectivity index (χ2n) is 2.43. The molecule has 0 unspecified atom stereocenters. The second-order valence-corrected chi connectivity index (χ2v) is 4.09. The largest absolute Gasteiger partial charge is 0.478 e. The van der Waals surface area contributed by atoms with E-state index < -0.39 is 21.1 Å². The van der Waals surface area contributed by atoms with Crippen molar-refractivity contribution in [3.63, 3.8) is 0 Å². The monoisotopic (exact) mass is 219 g/mol. The summed E-state index contributed by atoms with van der Waals surface area (Å²) in [7, 11) is -3.84. The molecule has 0 aliphatic heterocycles. The molecule has 0 atom stereocenters. The fourth-order valence-electron chi connectivity index (χ4n) is 0.918. The highest BCUT2D eigenvalue weighted by atomic mass is 32.2. The highest BCUT2D eigenvalue weighted by Gasteiger charge is 2.25. The zero-order valence-corrected chi connectivity index (χ0v) is 8.17. The predicted octanol–water partition coefficient (Wildman–Crippen LogP) is 0.276. The Kier molecular flexibility index (Phi) is 2.92. The van der Waals surface area contributed by atoms with Gasteiger partial charge in [-0.2, -0.15) is 0 Å². The summed E-state index contributed by atoms with van der Waals surface area (Å²) in [6.07, 6.45) is 1.02. The Morgan fingerprint density at radius 3 is 2.79 bits per heavy atom. The fourth-order valence-corrected chi connectivity index (χ4v) is 2.06. The Labute approximate surface area is 80.6 Å². The van der Waals surface area contributed by atoms with Crippen LogP contribution >= 0.6 is 0 Å². The first-order valence-electron chi connectivity index (χ1n) is 3.79. The third-order valence-electron chi connectivity index (χ3n) is 1.44. The van der Waals surface area contributed by atoms with Gasteiger partial charge in [-0.1, -0.05) is 6.92 Å². The Hall–Kier alpha value is -1.34. The molecule has 1 heterocycles. The van der Waals surface area contributed by atoms with E-state index in [-0.39, 0.29) is 12.1 Å². The Bertz CT molecular complexity index is 433. The number of sulfonamides is 1. The number of aromatic carboxylic acids is 1. The van der Waals surface area contributed by atoms with Gasteiger partial charge in [-0.15, -0.1) is 0 Å².